The van der Waals surface area contributed by atoms with Crippen LogP contribution in [-0.2, 0) is 15.4 Å². The Labute approximate surface area is 181 Å². The van der Waals surface area contributed by atoms with E-state index in [1.807, 2.05) is 0 Å². The van der Waals surface area contributed by atoms with Crippen LogP contribution in [0.15, 0.2) is 22.7 Å². The summed E-state index contributed by atoms with van der Waals surface area (Å²) >= 11 is 0. The lowest BCUT2D eigenvalue weighted by Crippen LogP contribution is -2.39. The molecule has 0 unspecified atom stereocenters. The molecule has 1 saturated carbocycles. The van der Waals surface area contributed by atoms with Crippen LogP contribution in [0.5, 0.6) is 11.5 Å². The van der Waals surface area contributed by atoms with E-state index in [0.717, 1.165) is 0 Å². The SMILES string of the molecule is COc1cccc(C(=O)N[C@@H]2C[C@H]3CN(S(C)(=O)=O)C[C@@]3(c3nc(C)no3)C2)c1OC. The molecule has 0 bridgehead atoms. The van der Waals surface area contributed by atoms with Crippen molar-refractivity contribution in [2.24, 2.45) is 5.92 Å². The first-order valence-corrected chi connectivity index (χ1v) is 11.8. The fourth-order valence-electron chi connectivity index (χ4n) is 4.85. The molecule has 0 spiro atoms. The summed E-state index contributed by atoms with van der Waals surface area (Å²) in [5.74, 6) is 1.44. The summed E-state index contributed by atoms with van der Waals surface area (Å²) < 4.78 is 42.0. The largest absolute Gasteiger partial charge is 0.493 e. The third-order valence-corrected chi connectivity index (χ3v) is 7.47. The molecular formula is C20H26N4O6S. The van der Waals surface area contributed by atoms with E-state index in [4.69, 9.17) is 14.0 Å². The predicted molar refractivity (Wildman–Crippen MR) is 111 cm³/mol. The Morgan fingerprint density at radius 2 is 2.10 bits per heavy atom. The van der Waals surface area contributed by atoms with Gasteiger partial charge in [0.2, 0.25) is 15.9 Å². The van der Waals surface area contributed by atoms with E-state index in [9.17, 15) is 13.2 Å². The number of aryl methyl sites for hydroxylation is 1. The summed E-state index contributed by atoms with van der Waals surface area (Å²) in [5, 5.41) is 6.98. The molecule has 0 radical (unpaired) electrons. The van der Waals surface area contributed by atoms with E-state index >= 15 is 0 Å². The average Bonchev–Trinajstić information content (AvgIpc) is 3.39. The average molecular weight is 451 g/mol. The van der Waals surface area contributed by atoms with Gasteiger partial charge in [0.25, 0.3) is 5.91 Å². The van der Waals surface area contributed by atoms with Crippen LogP contribution in [0, 0.1) is 12.8 Å². The van der Waals surface area contributed by atoms with E-state index < -0.39 is 15.4 Å². The van der Waals surface area contributed by atoms with Crippen molar-refractivity contribution in [1.82, 2.24) is 19.8 Å². The quantitative estimate of drug-likeness (QED) is 0.694. The van der Waals surface area contributed by atoms with Gasteiger partial charge in [-0.1, -0.05) is 11.2 Å². The van der Waals surface area contributed by atoms with Gasteiger partial charge in [0.1, 0.15) is 0 Å². The van der Waals surface area contributed by atoms with Crippen LogP contribution in [0.25, 0.3) is 0 Å². The van der Waals surface area contributed by atoms with Crippen molar-refractivity contribution in [3.63, 3.8) is 0 Å². The smallest absolute Gasteiger partial charge is 0.255 e. The Bertz CT molecular complexity index is 1100. The predicted octanol–water partition coefficient (Wildman–Crippen LogP) is 1.12. The highest BCUT2D eigenvalue weighted by atomic mass is 32.2. The molecule has 2 aliphatic rings. The Morgan fingerprint density at radius 3 is 2.71 bits per heavy atom. The lowest BCUT2D eigenvalue weighted by Gasteiger charge is -2.25. The molecule has 1 amide bonds. The van der Waals surface area contributed by atoms with Gasteiger partial charge in [0.05, 0.1) is 31.5 Å². The fourth-order valence-corrected chi connectivity index (χ4v) is 5.76. The van der Waals surface area contributed by atoms with E-state index in [1.165, 1.54) is 24.8 Å². The van der Waals surface area contributed by atoms with Crippen LogP contribution in [0.2, 0.25) is 0 Å². The molecular weight excluding hydrogens is 424 g/mol. The molecule has 31 heavy (non-hydrogen) atoms. The summed E-state index contributed by atoms with van der Waals surface area (Å²) in [5.41, 5.74) is -0.250. The molecule has 2 heterocycles. The minimum atomic E-state index is -3.36. The maximum absolute atomic E-state index is 13.0. The van der Waals surface area contributed by atoms with Gasteiger partial charge in [0, 0.05) is 19.1 Å². The molecule has 10 nitrogen and oxygen atoms in total. The zero-order chi connectivity index (χ0) is 22.4. The van der Waals surface area contributed by atoms with Crippen LogP contribution >= 0.6 is 0 Å². The van der Waals surface area contributed by atoms with Crippen LogP contribution < -0.4 is 14.8 Å². The number of benzene rings is 1. The number of sulfonamides is 1. The van der Waals surface area contributed by atoms with E-state index in [-0.39, 0.29) is 24.4 Å². The zero-order valence-electron chi connectivity index (χ0n) is 17.9. The van der Waals surface area contributed by atoms with Crippen molar-refractivity contribution in [3.8, 4) is 11.5 Å². The van der Waals surface area contributed by atoms with E-state index in [0.29, 0.717) is 48.2 Å². The molecule has 1 aromatic heterocycles. The van der Waals surface area contributed by atoms with Gasteiger partial charge in [-0.2, -0.15) is 4.98 Å². The lowest BCUT2D eigenvalue weighted by molar-refractivity contribution is 0.0931. The molecule has 2 fully saturated rings. The molecule has 1 aliphatic heterocycles. The number of nitrogens with one attached hydrogen (secondary N) is 1. The second-order valence-electron chi connectivity index (χ2n) is 8.21. The van der Waals surface area contributed by atoms with Crippen molar-refractivity contribution in [3.05, 3.63) is 35.5 Å². The standard InChI is InChI=1S/C20H26N4O6S/c1-12-21-19(30-23-12)20-9-14(8-13(20)10-24(11-20)31(4,26)27)22-18(25)15-6-5-7-16(28-2)17(15)29-3/h5-7,13-14H,8-11H2,1-4H3,(H,22,25)/t13-,14+,20-/m0/s1. The zero-order valence-corrected chi connectivity index (χ0v) is 18.7. The van der Waals surface area contributed by atoms with Crippen molar-refractivity contribution < 1.29 is 27.2 Å². The second-order valence-corrected chi connectivity index (χ2v) is 10.2. The molecule has 1 aromatic carbocycles. The van der Waals surface area contributed by atoms with Gasteiger partial charge in [-0.25, -0.2) is 12.7 Å². The Kier molecular flexibility index (Phi) is 5.42. The lowest BCUT2D eigenvalue weighted by atomic mass is 9.80. The molecule has 1 saturated heterocycles. The fraction of sp³-hybridized carbons (Fsp3) is 0.550. The monoisotopic (exact) mass is 450 g/mol. The number of fused-ring (bicyclic) bond motifs is 1. The third kappa shape index (κ3) is 3.76. The number of hydrogen-bond acceptors (Lipinski definition) is 8. The Balaban J connectivity index is 1.59. The molecule has 4 rings (SSSR count). The number of nitrogens with zero attached hydrogens (tertiary/aromatic N) is 3. The highest BCUT2D eigenvalue weighted by Gasteiger charge is 2.59. The van der Waals surface area contributed by atoms with Gasteiger partial charge < -0.3 is 19.3 Å². The highest BCUT2D eigenvalue weighted by molar-refractivity contribution is 7.88. The number of aromatic nitrogens is 2. The van der Waals surface area contributed by atoms with Gasteiger partial charge >= 0.3 is 0 Å². The Hall–Kier alpha value is -2.66. The minimum Gasteiger partial charge on any atom is -0.493 e. The summed E-state index contributed by atoms with van der Waals surface area (Å²) in [6, 6.07) is 4.95. The first kappa shape index (κ1) is 21.6. The molecule has 11 heteroatoms. The maximum atomic E-state index is 13.0. The van der Waals surface area contributed by atoms with Crippen LogP contribution in [0.4, 0.5) is 0 Å². The summed E-state index contributed by atoms with van der Waals surface area (Å²) in [4.78, 5) is 17.4. The number of amides is 1. The van der Waals surface area contributed by atoms with Gasteiger partial charge in [-0.3, -0.25) is 4.79 Å². The Morgan fingerprint density at radius 1 is 1.32 bits per heavy atom. The third-order valence-electron chi connectivity index (χ3n) is 6.25. The van der Waals surface area contributed by atoms with Crippen molar-refractivity contribution in [2.75, 3.05) is 33.6 Å². The van der Waals surface area contributed by atoms with Crippen molar-refractivity contribution >= 4 is 15.9 Å². The van der Waals surface area contributed by atoms with Crippen molar-refractivity contribution in [1.29, 1.82) is 0 Å². The van der Waals surface area contributed by atoms with Crippen molar-refractivity contribution in [2.45, 2.75) is 31.2 Å². The molecule has 1 aliphatic carbocycles. The number of methoxy groups -OCH3 is 2. The van der Waals surface area contributed by atoms with E-state index in [1.54, 1.807) is 25.1 Å². The number of ether oxygens (including phenoxy) is 2. The number of para-hydroxylation sites is 1. The highest BCUT2D eigenvalue weighted by Crippen LogP contribution is 2.50. The maximum Gasteiger partial charge on any atom is 0.255 e. The van der Waals surface area contributed by atoms with Crippen LogP contribution in [-0.4, -0.2) is 68.4 Å². The number of rotatable bonds is 6. The number of carbonyl (C=O) groups excluding carboxylic acids is 1. The van der Waals surface area contributed by atoms with Crippen LogP contribution in [0.3, 0.4) is 0 Å². The van der Waals surface area contributed by atoms with Gasteiger partial charge in [0.15, 0.2) is 17.3 Å². The summed E-state index contributed by atoms with van der Waals surface area (Å²) in [7, 11) is -0.356. The van der Waals surface area contributed by atoms with E-state index in [2.05, 4.69) is 15.5 Å². The van der Waals surface area contributed by atoms with Crippen LogP contribution in [0.1, 0.15) is 34.9 Å². The second kappa shape index (κ2) is 7.79. The molecule has 3 atom stereocenters. The summed E-state index contributed by atoms with van der Waals surface area (Å²) in [6.45, 7) is 2.34. The molecule has 168 valence electrons. The number of carbonyl (C=O) groups is 1. The van der Waals surface area contributed by atoms with Gasteiger partial charge in [-0.15, -0.1) is 0 Å². The topological polar surface area (TPSA) is 124 Å². The normalized spacial score (nSPS) is 25.9. The minimum absolute atomic E-state index is 0.0421. The molecule has 1 N–H and O–H groups in total. The molecule has 2 aromatic rings. The van der Waals surface area contributed by atoms with Gasteiger partial charge in [-0.05, 0) is 37.8 Å². The number of hydrogen-bond donors (Lipinski definition) is 1. The summed E-state index contributed by atoms with van der Waals surface area (Å²) in [6.07, 6.45) is 2.31. The first-order chi connectivity index (χ1) is 14.7. The first-order valence-electron chi connectivity index (χ1n) is 9.95.